The average Bonchev–Trinajstić information content (AvgIpc) is 2.92. The van der Waals surface area contributed by atoms with Gasteiger partial charge in [0.1, 0.15) is 0 Å². The van der Waals surface area contributed by atoms with Crippen molar-refractivity contribution in [2.75, 3.05) is 11.1 Å². The van der Waals surface area contributed by atoms with E-state index in [0.717, 1.165) is 16.8 Å². The van der Waals surface area contributed by atoms with Crippen molar-refractivity contribution in [3.05, 3.63) is 63.8 Å². The van der Waals surface area contributed by atoms with E-state index in [4.69, 9.17) is 28.9 Å². The molecular weight excluding hydrogens is 383 g/mol. The number of aromatic nitrogens is 2. The average molecular weight is 398 g/mol. The molecule has 3 aromatic rings. The number of aryl methyl sites for hydroxylation is 1. The Morgan fingerprint density at radius 1 is 1.16 bits per heavy atom. The number of benzene rings is 2. The number of nitrogens with zero attached hydrogens (tertiary/aromatic N) is 1. The predicted octanol–water partition coefficient (Wildman–Crippen LogP) is 4.95. The van der Waals surface area contributed by atoms with Crippen LogP contribution in [0.4, 0.5) is 11.6 Å². The molecule has 0 fully saturated rings. The van der Waals surface area contributed by atoms with Crippen LogP contribution in [0.1, 0.15) is 15.9 Å². The van der Waals surface area contributed by atoms with Crippen LogP contribution in [0, 0.1) is 6.92 Å². The summed E-state index contributed by atoms with van der Waals surface area (Å²) in [6.45, 7) is 1.94. The van der Waals surface area contributed by atoms with Gasteiger partial charge in [-0.2, -0.15) is 0 Å². The fraction of sp³-hybridized carbons (Fsp3) is 0.0588. The Bertz CT molecular complexity index is 904. The second-order valence-electron chi connectivity index (χ2n) is 5.32. The van der Waals surface area contributed by atoms with E-state index in [2.05, 4.69) is 15.3 Å². The van der Waals surface area contributed by atoms with E-state index in [0.29, 0.717) is 27.2 Å². The Hall–Kier alpha value is -2.21. The molecular formula is C17H15Cl3N4O. The summed E-state index contributed by atoms with van der Waals surface area (Å²) in [5.41, 5.74) is 9.43. The summed E-state index contributed by atoms with van der Waals surface area (Å²) in [6, 6.07) is 10.3. The van der Waals surface area contributed by atoms with Crippen LogP contribution in [-0.2, 0) is 0 Å². The van der Waals surface area contributed by atoms with Crippen LogP contribution < -0.4 is 11.1 Å². The smallest absolute Gasteiger partial charge is 0.255 e. The highest BCUT2D eigenvalue weighted by Gasteiger charge is 2.10. The van der Waals surface area contributed by atoms with Crippen LogP contribution in [0.25, 0.3) is 11.3 Å². The molecule has 1 heterocycles. The van der Waals surface area contributed by atoms with Gasteiger partial charge in [0.25, 0.3) is 5.91 Å². The molecule has 0 unspecified atom stereocenters. The molecule has 3 rings (SSSR count). The van der Waals surface area contributed by atoms with Crippen molar-refractivity contribution < 1.29 is 4.79 Å². The van der Waals surface area contributed by atoms with E-state index in [1.807, 2.05) is 25.1 Å². The first-order valence-electron chi connectivity index (χ1n) is 7.11. The SMILES string of the molecule is Cc1cc(NC(=O)c2cc(Cl)cc(Cl)c2)ccc1-c1cnc(N)[nH]1.Cl. The first kappa shape index (κ1) is 19.1. The number of nitrogen functional groups attached to an aromatic ring is 1. The van der Waals surface area contributed by atoms with Gasteiger partial charge in [0.2, 0.25) is 0 Å². The van der Waals surface area contributed by atoms with Gasteiger partial charge in [0.15, 0.2) is 5.95 Å². The molecule has 8 heteroatoms. The number of imidazole rings is 1. The lowest BCUT2D eigenvalue weighted by Gasteiger charge is -2.09. The van der Waals surface area contributed by atoms with Gasteiger partial charge in [0.05, 0.1) is 11.9 Å². The van der Waals surface area contributed by atoms with Crippen LogP contribution in [0.3, 0.4) is 0 Å². The molecule has 0 saturated heterocycles. The fourth-order valence-electron chi connectivity index (χ4n) is 2.41. The Labute approximate surface area is 161 Å². The van der Waals surface area contributed by atoms with E-state index in [1.54, 1.807) is 24.4 Å². The Balaban J connectivity index is 0.00000225. The summed E-state index contributed by atoms with van der Waals surface area (Å²) in [5.74, 6) is 0.0805. The lowest BCUT2D eigenvalue weighted by atomic mass is 10.1. The molecule has 0 radical (unpaired) electrons. The van der Waals surface area contributed by atoms with Crippen molar-refractivity contribution in [2.24, 2.45) is 0 Å². The number of H-pyrrole nitrogens is 1. The highest BCUT2D eigenvalue weighted by molar-refractivity contribution is 6.35. The molecule has 1 aromatic heterocycles. The fourth-order valence-corrected chi connectivity index (χ4v) is 2.93. The van der Waals surface area contributed by atoms with Gasteiger partial charge in [-0.25, -0.2) is 4.98 Å². The van der Waals surface area contributed by atoms with Crippen molar-refractivity contribution in [1.82, 2.24) is 9.97 Å². The minimum absolute atomic E-state index is 0. The Morgan fingerprint density at radius 2 is 1.84 bits per heavy atom. The van der Waals surface area contributed by atoms with Crippen LogP contribution >= 0.6 is 35.6 Å². The molecule has 0 aliphatic rings. The van der Waals surface area contributed by atoms with Crippen LogP contribution in [0.5, 0.6) is 0 Å². The number of carbonyl (C=O) groups excluding carboxylic acids is 1. The van der Waals surface area contributed by atoms with Gasteiger partial charge in [0, 0.05) is 26.9 Å². The largest absolute Gasteiger partial charge is 0.369 e. The van der Waals surface area contributed by atoms with Gasteiger partial charge < -0.3 is 16.0 Å². The molecule has 4 N–H and O–H groups in total. The minimum atomic E-state index is -0.280. The molecule has 0 spiro atoms. The third-order valence-electron chi connectivity index (χ3n) is 3.49. The van der Waals surface area contributed by atoms with Gasteiger partial charge >= 0.3 is 0 Å². The van der Waals surface area contributed by atoms with Crippen LogP contribution in [-0.4, -0.2) is 15.9 Å². The zero-order chi connectivity index (χ0) is 17.3. The number of halogens is 3. The second-order valence-corrected chi connectivity index (χ2v) is 6.20. The van der Waals surface area contributed by atoms with Crippen LogP contribution in [0.15, 0.2) is 42.6 Å². The predicted molar refractivity (Wildman–Crippen MR) is 105 cm³/mol. The molecule has 2 aromatic carbocycles. The lowest BCUT2D eigenvalue weighted by molar-refractivity contribution is 0.102. The molecule has 0 bridgehead atoms. The van der Waals surface area contributed by atoms with E-state index in [-0.39, 0.29) is 18.3 Å². The van der Waals surface area contributed by atoms with E-state index in [1.165, 1.54) is 0 Å². The summed E-state index contributed by atoms with van der Waals surface area (Å²) in [4.78, 5) is 19.3. The zero-order valence-electron chi connectivity index (χ0n) is 13.1. The third-order valence-corrected chi connectivity index (χ3v) is 3.93. The van der Waals surface area contributed by atoms with E-state index < -0.39 is 0 Å². The quantitative estimate of drug-likeness (QED) is 0.585. The highest BCUT2D eigenvalue weighted by Crippen LogP contribution is 2.26. The zero-order valence-corrected chi connectivity index (χ0v) is 15.5. The van der Waals surface area contributed by atoms with Crippen molar-refractivity contribution in [3.63, 3.8) is 0 Å². The van der Waals surface area contributed by atoms with Crippen molar-refractivity contribution in [2.45, 2.75) is 6.92 Å². The van der Waals surface area contributed by atoms with Gasteiger partial charge in [-0.05, 0) is 42.8 Å². The van der Waals surface area contributed by atoms with E-state index >= 15 is 0 Å². The number of hydrogen-bond acceptors (Lipinski definition) is 3. The minimum Gasteiger partial charge on any atom is -0.369 e. The topological polar surface area (TPSA) is 83.8 Å². The normalized spacial score (nSPS) is 10.2. The van der Waals surface area contributed by atoms with Gasteiger partial charge in [-0.1, -0.05) is 29.3 Å². The van der Waals surface area contributed by atoms with Crippen molar-refractivity contribution >= 4 is 53.2 Å². The van der Waals surface area contributed by atoms with Crippen molar-refractivity contribution in [1.29, 1.82) is 0 Å². The number of nitrogens with one attached hydrogen (secondary N) is 2. The molecule has 25 heavy (non-hydrogen) atoms. The molecule has 5 nitrogen and oxygen atoms in total. The van der Waals surface area contributed by atoms with Gasteiger partial charge in [-0.3, -0.25) is 4.79 Å². The Morgan fingerprint density at radius 3 is 2.40 bits per heavy atom. The maximum Gasteiger partial charge on any atom is 0.255 e. The number of amides is 1. The molecule has 0 atom stereocenters. The molecule has 0 aliphatic heterocycles. The lowest BCUT2D eigenvalue weighted by Crippen LogP contribution is -2.12. The number of rotatable bonds is 3. The van der Waals surface area contributed by atoms with Crippen molar-refractivity contribution in [3.8, 4) is 11.3 Å². The molecule has 0 saturated carbocycles. The Kier molecular flexibility index (Phi) is 5.95. The highest BCUT2D eigenvalue weighted by atomic mass is 35.5. The summed E-state index contributed by atoms with van der Waals surface area (Å²) in [7, 11) is 0. The molecule has 130 valence electrons. The molecule has 1 amide bonds. The summed E-state index contributed by atoms with van der Waals surface area (Å²) in [5, 5.41) is 3.66. The standard InChI is InChI=1S/C17H14Cl2N4O.ClH/c1-9-4-13(2-3-14(9)15-8-21-17(20)23-15)22-16(24)10-5-11(18)7-12(19)6-10;/h2-8H,1H3,(H,22,24)(H3,20,21,23);1H. The number of aromatic amines is 1. The maximum absolute atomic E-state index is 12.3. The van der Waals surface area contributed by atoms with Crippen LogP contribution in [0.2, 0.25) is 10.0 Å². The summed E-state index contributed by atoms with van der Waals surface area (Å²) in [6.07, 6.45) is 1.67. The first-order valence-corrected chi connectivity index (χ1v) is 7.87. The number of hydrogen-bond donors (Lipinski definition) is 3. The number of anilines is 2. The first-order chi connectivity index (χ1) is 11.4. The summed E-state index contributed by atoms with van der Waals surface area (Å²) < 4.78 is 0. The monoisotopic (exact) mass is 396 g/mol. The number of carbonyl (C=O) groups is 1. The summed E-state index contributed by atoms with van der Waals surface area (Å²) >= 11 is 11.9. The van der Waals surface area contributed by atoms with E-state index in [9.17, 15) is 4.79 Å². The maximum atomic E-state index is 12.3. The van der Waals surface area contributed by atoms with Gasteiger partial charge in [-0.15, -0.1) is 12.4 Å². The third kappa shape index (κ3) is 4.45. The second kappa shape index (κ2) is 7.78. The number of nitrogens with two attached hydrogens (primary N) is 1. The molecule has 0 aliphatic carbocycles.